The smallest absolute Gasteiger partial charge is 0.0794 e. The predicted molar refractivity (Wildman–Crippen MR) is 118 cm³/mol. The molecule has 1 aliphatic heterocycles. The molecule has 150 valence electrons. The molecule has 29 heavy (non-hydrogen) atoms. The minimum atomic E-state index is -0.368. The summed E-state index contributed by atoms with van der Waals surface area (Å²) in [4.78, 5) is 4.74. The number of β-amino-alcohol motifs (C(OH)–C–C–N with tert-alkyl or cyclic N) is 1. The summed E-state index contributed by atoms with van der Waals surface area (Å²) < 4.78 is 0. The highest BCUT2D eigenvalue weighted by Gasteiger charge is 2.20. The summed E-state index contributed by atoms with van der Waals surface area (Å²) in [6.45, 7) is 5.03. The van der Waals surface area contributed by atoms with Gasteiger partial charge in [0.2, 0.25) is 0 Å². The molecule has 0 saturated carbocycles. The van der Waals surface area contributed by atoms with Crippen LogP contribution in [0.1, 0.15) is 22.3 Å². The SMILES string of the molecule is OC(CN(Cc1ccccc1)Cc1ccccc1)CN1CCc2ccccc2C1. The summed E-state index contributed by atoms with van der Waals surface area (Å²) >= 11 is 0. The van der Waals surface area contributed by atoms with Crippen molar-refractivity contribution < 1.29 is 5.11 Å². The molecule has 0 spiro atoms. The molecule has 0 aromatic heterocycles. The molecule has 3 aromatic carbocycles. The van der Waals surface area contributed by atoms with Gasteiger partial charge in [-0.15, -0.1) is 0 Å². The van der Waals surface area contributed by atoms with Crippen LogP contribution < -0.4 is 0 Å². The lowest BCUT2D eigenvalue weighted by atomic mass is 10.00. The fourth-order valence-corrected chi connectivity index (χ4v) is 4.23. The van der Waals surface area contributed by atoms with Crippen LogP contribution in [-0.4, -0.2) is 40.6 Å². The molecule has 0 radical (unpaired) electrons. The van der Waals surface area contributed by atoms with Crippen molar-refractivity contribution in [2.75, 3.05) is 19.6 Å². The Kier molecular flexibility index (Phi) is 6.73. The summed E-state index contributed by atoms with van der Waals surface area (Å²) in [6.07, 6.45) is 0.702. The molecule has 0 amide bonds. The second kappa shape index (κ2) is 9.84. The Morgan fingerprint density at radius 3 is 1.93 bits per heavy atom. The van der Waals surface area contributed by atoms with E-state index >= 15 is 0 Å². The van der Waals surface area contributed by atoms with E-state index < -0.39 is 0 Å². The lowest BCUT2D eigenvalue weighted by Gasteiger charge is -2.32. The van der Waals surface area contributed by atoms with Crippen LogP contribution in [0, 0.1) is 0 Å². The minimum absolute atomic E-state index is 0.368. The molecular formula is C26H30N2O. The summed E-state index contributed by atoms with van der Waals surface area (Å²) in [6, 6.07) is 29.7. The van der Waals surface area contributed by atoms with Crippen LogP contribution in [0.4, 0.5) is 0 Å². The van der Waals surface area contributed by atoms with Crippen molar-refractivity contribution in [1.29, 1.82) is 0 Å². The molecule has 1 atom stereocenters. The Hall–Kier alpha value is -2.46. The van der Waals surface area contributed by atoms with Crippen molar-refractivity contribution in [1.82, 2.24) is 9.80 Å². The molecule has 0 saturated heterocycles. The molecule has 4 rings (SSSR count). The Balaban J connectivity index is 1.38. The van der Waals surface area contributed by atoms with Crippen LogP contribution in [0.5, 0.6) is 0 Å². The summed E-state index contributed by atoms with van der Waals surface area (Å²) in [7, 11) is 0. The number of fused-ring (bicyclic) bond motifs is 1. The number of rotatable bonds is 8. The van der Waals surface area contributed by atoms with Gasteiger partial charge in [-0.25, -0.2) is 0 Å². The van der Waals surface area contributed by atoms with E-state index in [4.69, 9.17) is 0 Å². The van der Waals surface area contributed by atoms with Crippen molar-refractivity contribution >= 4 is 0 Å². The topological polar surface area (TPSA) is 26.7 Å². The second-order valence-electron chi connectivity index (χ2n) is 8.05. The first kappa shape index (κ1) is 19.8. The average molecular weight is 387 g/mol. The quantitative estimate of drug-likeness (QED) is 0.631. The van der Waals surface area contributed by atoms with Crippen LogP contribution in [0.2, 0.25) is 0 Å². The van der Waals surface area contributed by atoms with Crippen LogP contribution in [-0.2, 0) is 26.1 Å². The number of nitrogens with zero attached hydrogens (tertiary/aromatic N) is 2. The molecule has 0 bridgehead atoms. The lowest BCUT2D eigenvalue weighted by molar-refractivity contribution is 0.0640. The fraction of sp³-hybridized carbons (Fsp3) is 0.308. The average Bonchev–Trinajstić information content (AvgIpc) is 2.75. The maximum Gasteiger partial charge on any atom is 0.0794 e. The van der Waals surface area contributed by atoms with E-state index in [1.54, 1.807) is 0 Å². The van der Waals surface area contributed by atoms with Crippen molar-refractivity contribution in [3.8, 4) is 0 Å². The van der Waals surface area contributed by atoms with Gasteiger partial charge in [-0.2, -0.15) is 0 Å². The maximum atomic E-state index is 10.9. The molecule has 3 heteroatoms. The van der Waals surface area contributed by atoms with E-state index in [0.717, 1.165) is 32.6 Å². The van der Waals surface area contributed by atoms with Crippen LogP contribution in [0.3, 0.4) is 0 Å². The first-order valence-electron chi connectivity index (χ1n) is 10.5. The molecule has 1 heterocycles. The lowest BCUT2D eigenvalue weighted by Crippen LogP contribution is -2.41. The van der Waals surface area contributed by atoms with Crippen molar-refractivity contribution in [2.45, 2.75) is 32.2 Å². The Bertz CT molecular complexity index is 840. The number of benzene rings is 3. The van der Waals surface area contributed by atoms with E-state index in [2.05, 4.69) is 82.6 Å². The highest BCUT2D eigenvalue weighted by molar-refractivity contribution is 5.29. The fourth-order valence-electron chi connectivity index (χ4n) is 4.23. The van der Waals surface area contributed by atoms with E-state index in [1.165, 1.54) is 22.3 Å². The van der Waals surface area contributed by atoms with Crippen LogP contribution >= 0.6 is 0 Å². The highest BCUT2D eigenvalue weighted by atomic mass is 16.3. The Labute approximate surface area is 174 Å². The van der Waals surface area contributed by atoms with Gasteiger partial charge in [0.25, 0.3) is 0 Å². The summed E-state index contributed by atoms with van der Waals surface area (Å²) in [5.74, 6) is 0. The van der Waals surface area contributed by atoms with Crippen molar-refractivity contribution in [2.24, 2.45) is 0 Å². The maximum absolute atomic E-state index is 10.9. The van der Waals surface area contributed by atoms with E-state index in [1.807, 2.05) is 12.1 Å². The summed E-state index contributed by atoms with van der Waals surface area (Å²) in [5, 5.41) is 10.9. The summed E-state index contributed by atoms with van der Waals surface area (Å²) in [5.41, 5.74) is 5.41. The zero-order valence-corrected chi connectivity index (χ0v) is 17.0. The van der Waals surface area contributed by atoms with Crippen molar-refractivity contribution in [3.63, 3.8) is 0 Å². The Morgan fingerprint density at radius 2 is 1.31 bits per heavy atom. The van der Waals surface area contributed by atoms with Gasteiger partial charge in [0.15, 0.2) is 0 Å². The van der Waals surface area contributed by atoms with E-state index in [-0.39, 0.29) is 6.10 Å². The second-order valence-corrected chi connectivity index (χ2v) is 8.05. The molecule has 3 nitrogen and oxygen atoms in total. The van der Waals surface area contributed by atoms with Gasteiger partial charge in [0.1, 0.15) is 0 Å². The predicted octanol–water partition coefficient (Wildman–Crippen LogP) is 4.11. The molecule has 1 aliphatic rings. The number of aliphatic hydroxyl groups is 1. The molecular weight excluding hydrogens is 356 g/mol. The molecule has 0 fully saturated rings. The first-order valence-corrected chi connectivity index (χ1v) is 10.5. The van der Waals surface area contributed by atoms with Gasteiger partial charge >= 0.3 is 0 Å². The largest absolute Gasteiger partial charge is 0.390 e. The normalized spacial score (nSPS) is 15.2. The van der Waals surface area contributed by atoms with Gasteiger partial charge in [0.05, 0.1) is 6.10 Å². The van der Waals surface area contributed by atoms with Gasteiger partial charge in [0, 0.05) is 39.3 Å². The monoisotopic (exact) mass is 386 g/mol. The molecule has 0 aliphatic carbocycles. The van der Waals surface area contributed by atoms with Gasteiger partial charge in [-0.05, 0) is 28.7 Å². The zero-order chi connectivity index (χ0) is 19.9. The first-order chi connectivity index (χ1) is 14.3. The highest BCUT2D eigenvalue weighted by Crippen LogP contribution is 2.19. The third kappa shape index (κ3) is 5.77. The van der Waals surface area contributed by atoms with Crippen LogP contribution in [0.15, 0.2) is 84.9 Å². The zero-order valence-electron chi connectivity index (χ0n) is 17.0. The third-order valence-electron chi connectivity index (χ3n) is 5.65. The number of aliphatic hydroxyl groups excluding tert-OH is 1. The van der Waals surface area contributed by atoms with Gasteiger partial charge < -0.3 is 5.11 Å². The Morgan fingerprint density at radius 1 is 0.759 bits per heavy atom. The standard InChI is InChI=1S/C26H30N2O/c29-26(20-27-16-15-24-13-7-8-14-25(24)19-27)21-28(17-22-9-3-1-4-10-22)18-23-11-5-2-6-12-23/h1-14,26,29H,15-21H2. The molecule has 3 aromatic rings. The minimum Gasteiger partial charge on any atom is -0.390 e. The molecule has 1 unspecified atom stereocenters. The molecule has 1 N–H and O–H groups in total. The van der Waals surface area contributed by atoms with Gasteiger partial charge in [-0.3, -0.25) is 9.80 Å². The number of hydrogen-bond acceptors (Lipinski definition) is 3. The van der Waals surface area contributed by atoms with E-state index in [9.17, 15) is 5.11 Å². The van der Waals surface area contributed by atoms with E-state index in [0.29, 0.717) is 13.1 Å². The number of hydrogen-bond donors (Lipinski definition) is 1. The van der Waals surface area contributed by atoms with Crippen LogP contribution in [0.25, 0.3) is 0 Å². The van der Waals surface area contributed by atoms with Crippen molar-refractivity contribution in [3.05, 3.63) is 107 Å². The van der Waals surface area contributed by atoms with Gasteiger partial charge in [-0.1, -0.05) is 84.9 Å². The third-order valence-corrected chi connectivity index (χ3v) is 5.65.